The van der Waals surface area contributed by atoms with Gasteiger partial charge in [0.1, 0.15) is 11.1 Å². The number of halogens is 2. The summed E-state index contributed by atoms with van der Waals surface area (Å²) in [7, 11) is -0.989. The molecule has 0 saturated carbocycles. The number of benzene rings is 2. The van der Waals surface area contributed by atoms with Crippen molar-refractivity contribution in [3.63, 3.8) is 0 Å². The number of hydrogen-bond donors (Lipinski definition) is 2. The molecule has 148 valence electrons. The summed E-state index contributed by atoms with van der Waals surface area (Å²) in [4.78, 5) is 0.120. The van der Waals surface area contributed by atoms with Crippen molar-refractivity contribution in [1.82, 2.24) is 4.72 Å². The zero-order valence-electron chi connectivity index (χ0n) is 15.1. The summed E-state index contributed by atoms with van der Waals surface area (Å²) in [5.74, 6) is 0.390. The Bertz CT molecular complexity index is 856. The Morgan fingerprint density at radius 3 is 2.11 bits per heavy atom. The molecular formula is C18H22Cl2N2O4S. The minimum Gasteiger partial charge on any atom is -0.497 e. The van der Waals surface area contributed by atoms with Gasteiger partial charge in [0.15, 0.2) is 0 Å². The van der Waals surface area contributed by atoms with Gasteiger partial charge >= 0.3 is 0 Å². The molecule has 0 radical (unpaired) electrons. The Labute approximate surface area is 170 Å². The Kier molecular flexibility index (Phi) is 8.56. The van der Waals surface area contributed by atoms with Gasteiger partial charge in [0.25, 0.3) is 0 Å². The van der Waals surface area contributed by atoms with E-state index < -0.39 is 21.4 Å². The first-order chi connectivity index (χ1) is 12.3. The third-order valence-electron chi connectivity index (χ3n) is 3.85. The molecule has 0 bridgehead atoms. The molecule has 2 N–H and O–H groups in total. The van der Waals surface area contributed by atoms with Crippen molar-refractivity contribution in [3.8, 4) is 5.75 Å². The molecule has 0 heterocycles. The maximum atomic E-state index is 12.8. The van der Waals surface area contributed by atoms with Crippen LogP contribution in [0.1, 0.15) is 17.2 Å². The number of sulfonamides is 1. The quantitative estimate of drug-likeness (QED) is 0.396. The Balaban J connectivity index is 0.00000364. The second kappa shape index (κ2) is 9.94. The highest BCUT2D eigenvalue weighted by Gasteiger charge is 2.31. The van der Waals surface area contributed by atoms with Gasteiger partial charge in [-0.1, -0.05) is 29.8 Å². The van der Waals surface area contributed by atoms with E-state index in [1.165, 1.54) is 26.4 Å². The lowest BCUT2D eigenvalue weighted by atomic mass is 10.0. The fourth-order valence-electron chi connectivity index (χ4n) is 2.32. The molecule has 9 heteroatoms. The van der Waals surface area contributed by atoms with Crippen molar-refractivity contribution in [2.24, 2.45) is 0 Å². The van der Waals surface area contributed by atoms with Gasteiger partial charge in [0.2, 0.25) is 15.9 Å². The van der Waals surface area contributed by atoms with Crippen LogP contribution in [0.4, 0.5) is 0 Å². The molecule has 27 heavy (non-hydrogen) atoms. The van der Waals surface area contributed by atoms with Crippen LogP contribution in [-0.2, 0) is 14.8 Å². The number of aryl methyl sites for hydroxylation is 1. The van der Waals surface area contributed by atoms with Crippen LogP contribution in [-0.4, -0.2) is 33.9 Å². The fourth-order valence-corrected chi connectivity index (χ4v) is 3.93. The molecule has 0 aliphatic rings. The van der Waals surface area contributed by atoms with E-state index in [1.807, 2.05) is 6.92 Å². The van der Waals surface area contributed by atoms with Crippen molar-refractivity contribution in [3.05, 3.63) is 59.7 Å². The van der Waals surface area contributed by atoms with Crippen LogP contribution < -0.4 is 9.46 Å². The number of alkyl halides is 1. The molecule has 0 fully saturated rings. The number of hydrogen-bond acceptors (Lipinski definition) is 5. The largest absolute Gasteiger partial charge is 0.497 e. The maximum Gasteiger partial charge on any atom is 0.241 e. The predicted molar refractivity (Wildman–Crippen MR) is 109 cm³/mol. The standard InChI is InChI=1S/C18H21ClN2O4S.ClH/c1-12-4-10-15(11-5-12)26(22,23)21-17(16(19)18(20)25-3)13-6-8-14(24-2)9-7-13;/h4-11,16-17,20-21H,1-3H3;1H/t16-,17-;/m1./s1. The number of methoxy groups -OCH3 is 2. The summed E-state index contributed by atoms with van der Waals surface area (Å²) in [6.07, 6.45) is 0. The summed E-state index contributed by atoms with van der Waals surface area (Å²) < 4.78 is 38.1. The van der Waals surface area contributed by atoms with E-state index in [0.29, 0.717) is 11.3 Å². The molecule has 0 amide bonds. The lowest BCUT2D eigenvalue weighted by Gasteiger charge is -2.24. The summed E-state index contributed by atoms with van der Waals surface area (Å²) in [6.45, 7) is 1.87. The lowest BCUT2D eigenvalue weighted by Crippen LogP contribution is -2.37. The summed E-state index contributed by atoms with van der Waals surface area (Å²) in [5.41, 5.74) is 1.54. The molecule has 0 unspecified atom stereocenters. The van der Waals surface area contributed by atoms with Crippen LogP contribution in [0.2, 0.25) is 0 Å². The number of nitrogens with one attached hydrogen (secondary N) is 2. The van der Waals surface area contributed by atoms with E-state index in [2.05, 4.69) is 4.72 Å². The average Bonchev–Trinajstić information content (AvgIpc) is 2.65. The van der Waals surface area contributed by atoms with Gasteiger partial charge in [-0.15, -0.1) is 24.0 Å². The molecule has 0 aromatic heterocycles. The molecular weight excluding hydrogens is 411 g/mol. The zero-order valence-corrected chi connectivity index (χ0v) is 17.5. The summed E-state index contributed by atoms with van der Waals surface area (Å²) >= 11 is 6.32. The minimum atomic E-state index is -3.84. The molecule has 0 aliphatic heterocycles. The Morgan fingerprint density at radius 2 is 1.63 bits per heavy atom. The zero-order chi connectivity index (χ0) is 19.3. The van der Waals surface area contributed by atoms with E-state index in [4.69, 9.17) is 26.5 Å². The van der Waals surface area contributed by atoms with Crippen LogP contribution in [0.3, 0.4) is 0 Å². The number of ether oxygens (including phenoxy) is 2. The van der Waals surface area contributed by atoms with Gasteiger partial charge in [0, 0.05) is 0 Å². The summed E-state index contributed by atoms with van der Waals surface area (Å²) in [6, 6.07) is 12.4. The third kappa shape index (κ3) is 5.84. The van der Waals surface area contributed by atoms with Gasteiger partial charge in [-0.05, 0) is 36.8 Å². The lowest BCUT2D eigenvalue weighted by molar-refractivity contribution is 0.379. The van der Waals surface area contributed by atoms with Crippen molar-refractivity contribution < 1.29 is 17.9 Å². The highest BCUT2D eigenvalue weighted by atomic mass is 35.5. The second-order valence-electron chi connectivity index (χ2n) is 5.66. The maximum absolute atomic E-state index is 12.8. The summed E-state index contributed by atoms with van der Waals surface area (Å²) in [5, 5.41) is 6.81. The van der Waals surface area contributed by atoms with Gasteiger partial charge in [-0.3, -0.25) is 5.41 Å². The predicted octanol–water partition coefficient (Wildman–Crippen LogP) is 3.68. The van der Waals surface area contributed by atoms with Crippen LogP contribution in [0.25, 0.3) is 0 Å². The van der Waals surface area contributed by atoms with Crippen molar-refractivity contribution in [2.75, 3.05) is 14.2 Å². The Morgan fingerprint density at radius 1 is 1.07 bits per heavy atom. The first-order valence-electron chi connectivity index (χ1n) is 7.78. The SMILES string of the molecule is COC(=N)[C@H](Cl)[C@H](NS(=O)(=O)c1ccc(C)cc1)c1ccc(OC)cc1.Cl. The van der Waals surface area contributed by atoms with E-state index >= 15 is 0 Å². The van der Waals surface area contributed by atoms with Crippen molar-refractivity contribution >= 4 is 39.9 Å². The molecule has 0 spiro atoms. The second-order valence-corrected chi connectivity index (χ2v) is 7.84. The Hall–Kier alpha value is -1.80. The number of rotatable bonds is 7. The minimum absolute atomic E-state index is 0. The van der Waals surface area contributed by atoms with Gasteiger partial charge in [0.05, 0.1) is 25.2 Å². The van der Waals surface area contributed by atoms with Gasteiger partial charge in [-0.2, -0.15) is 0 Å². The van der Waals surface area contributed by atoms with E-state index in [-0.39, 0.29) is 23.2 Å². The molecule has 2 atom stereocenters. The van der Waals surface area contributed by atoms with Gasteiger partial charge in [-0.25, -0.2) is 13.1 Å². The van der Waals surface area contributed by atoms with E-state index in [9.17, 15) is 8.42 Å². The van der Waals surface area contributed by atoms with Gasteiger partial charge < -0.3 is 9.47 Å². The molecule has 2 rings (SSSR count). The highest BCUT2D eigenvalue weighted by molar-refractivity contribution is 7.89. The fraction of sp³-hybridized carbons (Fsp3) is 0.278. The van der Waals surface area contributed by atoms with E-state index in [0.717, 1.165) is 5.56 Å². The molecule has 2 aromatic rings. The average molecular weight is 433 g/mol. The first-order valence-corrected chi connectivity index (χ1v) is 9.70. The third-order valence-corrected chi connectivity index (χ3v) is 5.76. The van der Waals surface area contributed by atoms with Crippen LogP contribution >= 0.6 is 24.0 Å². The van der Waals surface area contributed by atoms with Crippen LogP contribution in [0.15, 0.2) is 53.4 Å². The molecule has 2 aromatic carbocycles. The first kappa shape index (κ1) is 23.2. The topological polar surface area (TPSA) is 88.5 Å². The van der Waals surface area contributed by atoms with E-state index in [1.54, 1.807) is 36.4 Å². The smallest absolute Gasteiger partial charge is 0.241 e. The van der Waals surface area contributed by atoms with Crippen LogP contribution in [0, 0.1) is 12.3 Å². The monoisotopic (exact) mass is 432 g/mol. The molecule has 0 aliphatic carbocycles. The molecule has 6 nitrogen and oxygen atoms in total. The highest BCUT2D eigenvalue weighted by Crippen LogP contribution is 2.27. The van der Waals surface area contributed by atoms with Crippen molar-refractivity contribution in [1.29, 1.82) is 5.41 Å². The van der Waals surface area contributed by atoms with Crippen LogP contribution in [0.5, 0.6) is 5.75 Å². The molecule has 0 saturated heterocycles. The normalized spacial score (nSPS) is 13.2. The van der Waals surface area contributed by atoms with Crippen molar-refractivity contribution in [2.45, 2.75) is 23.2 Å².